The Balaban J connectivity index is 1.51. The topological polar surface area (TPSA) is 394 Å². The van der Waals surface area contributed by atoms with Crippen molar-refractivity contribution in [3.8, 4) is 0 Å². The van der Waals surface area contributed by atoms with Gasteiger partial charge in [0.2, 0.25) is 0 Å². The van der Waals surface area contributed by atoms with Crippen LogP contribution in [0.3, 0.4) is 0 Å². The van der Waals surface area contributed by atoms with Crippen LogP contribution in [0.25, 0.3) is 0 Å². The van der Waals surface area contributed by atoms with Gasteiger partial charge < -0.3 is 109 Å². The van der Waals surface area contributed by atoms with Gasteiger partial charge in [-0.3, -0.25) is 4.52 Å². The molecule has 4 aliphatic heterocycles. The lowest BCUT2D eigenvalue weighted by atomic mass is 9.95. The van der Waals surface area contributed by atoms with Crippen molar-refractivity contribution < 1.29 is 118 Å². The molecule has 0 radical (unpaired) electrons. The van der Waals surface area contributed by atoms with Crippen LogP contribution in [0, 0.1) is 0 Å². The SMILES string of the molecule is O=P(O)(O)OC[C@H]1O[C@H](O[C@@H]2[C@H](O)[C@@H](O[C@@H]3[C@H](O)[C@@H](O[C@@H]4C(O)O[C@H](CO)[C@@H](O)[C@@H]4O)O[C@H](CO)[C@H]3O)O[C@H](CO)[C@H]2O)[C@@H](O)[C@@H](O)[C@@H]1O. The summed E-state index contributed by atoms with van der Waals surface area (Å²) >= 11 is 0. The van der Waals surface area contributed by atoms with E-state index < -0.39 is 157 Å². The number of aliphatic hydroxyl groups excluding tert-OH is 13. The Morgan fingerprint density at radius 2 is 0.837 bits per heavy atom. The zero-order valence-electron chi connectivity index (χ0n) is 25.2. The van der Waals surface area contributed by atoms with Crippen LogP contribution in [0.2, 0.25) is 0 Å². The first-order valence-corrected chi connectivity index (χ1v) is 16.4. The molecule has 4 saturated heterocycles. The third-order valence-electron chi connectivity index (χ3n) is 8.44. The Morgan fingerprint density at radius 3 is 1.29 bits per heavy atom. The van der Waals surface area contributed by atoms with Crippen LogP contribution in [0.15, 0.2) is 0 Å². The molecular formula is C24H43O24P. The summed E-state index contributed by atoms with van der Waals surface area (Å²) in [7, 11) is -5.09. The Hall–Kier alpha value is -0.690. The largest absolute Gasteiger partial charge is 0.469 e. The van der Waals surface area contributed by atoms with E-state index in [2.05, 4.69) is 4.52 Å². The van der Waals surface area contributed by atoms with Crippen molar-refractivity contribution in [2.24, 2.45) is 0 Å². The van der Waals surface area contributed by atoms with Crippen molar-refractivity contribution in [3.63, 3.8) is 0 Å². The second kappa shape index (κ2) is 17.0. The number of ether oxygens (including phenoxy) is 7. The predicted molar refractivity (Wildman–Crippen MR) is 145 cm³/mol. The number of rotatable bonds is 12. The van der Waals surface area contributed by atoms with Gasteiger partial charge in [0.1, 0.15) is 97.7 Å². The van der Waals surface area contributed by atoms with Crippen molar-refractivity contribution in [3.05, 3.63) is 0 Å². The number of hydrogen-bond acceptors (Lipinski definition) is 22. The van der Waals surface area contributed by atoms with E-state index >= 15 is 0 Å². The Morgan fingerprint density at radius 1 is 0.449 bits per heavy atom. The molecule has 1 unspecified atom stereocenters. The summed E-state index contributed by atoms with van der Waals surface area (Å²) in [5, 5.41) is 135. The van der Waals surface area contributed by atoms with Crippen LogP contribution in [0.5, 0.6) is 0 Å². The molecule has 0 aromatic carbocycles. The molecule has 0 aliphatic carbocycles. The van der Waals surface area contributed by atoms with E-state index in [4.69, 9.17) is 42.9 Å². The van der Waals surface area contributed by atoms with Gasteiger partial charge in [0.25, 0.3) is 0 Å². The highest BCUT2D eigenvalue weighted by molar-refractivity contribution is 7.46. The number of aliphatic hydroxyl groups is 13. The van der Waals surface area contributed by atoms with Crippen LogP contribution in [-0.2, 0) is 42.2 Å². The quantitative estimate of drug-likeness (QED) is 0.0824. The van der Waals surface area contributed by atoms with Gasteiger partial charge in [-0.15, -0.1) is 0 Å². The summed E-state index contributed by atoms with van der Waals surface area (Å²) in [5.74, 6) is 0. The number of phosphoric acid groups is 1. The third-order valence-corrected chi connectivity index (χ3v) is 8.92. The van der Waals surface area contributed by atoms with E-state index in [-0.39, 0.29) is 0 Å². The molecule has 25 heteroatoms. The summed E-state index contributed by atoms with van der Waals surface area (Å²) in [6.45, 7) is -3.72. The lowest BCUT2D eigenvalue weighted by Crippen LogP contribution is -2.67. The van der Waals surface area contributed by atoms with Crippen LogP contribution >= 0.6 is 7.82 Å². The molecule has 0 saturated carbocycles. The molecule has 49 heavy (non-hydrogen) atoms. The summed E-state index contributed by atoms with van der Waals surface area (Å²) < 4.78 is 52.9. The fraction of sp³-hybridized carbons (Fsp3) is 1.00. The van der Waals surface area contributed by atoms with Crippen molar-refractivity contribution >= 4 is 7.82 Å². The molecule has 288 valence electrons. The number of hydrogen-bond donors (Lipinski definition) is 15. The molecule has 20 atom stereocenters. The first kappa shape index (κ1) is 41.1. The van der Waals surface area contributed by atoms with E-state index in [1.165, 1.54) is 0 Å². The minimum absolute atomic E-state index is 0.794. The minimum atomic E-state index is -5.09. The van der Waals surface area contributed by atoms with E-state index in [1.807, 2.05) is 0 Å². The Bertz CT molecular complexity index is 1090. The molecule has 15 N–H and O–H groups in total. The molecule has 0 amide bonds. The zero-order chi connectivity index (χ0) is 36.5. The molecule has 4 rings (SSSR count). The molecule has 0 aromatic heterocycles. The maximum Gasteiger partial charge on any atom is 0.469 e. The van der Waals surface area contributed by atoms with Crippen molar-refractivity contribution in [1.82, 2.24) is 0 Å². The standard InChI is InChI=1S/C24H43O24P/c25-1-5-9(28)14(33)20(21(37)42-5)48-24-17(36)19(12(31)7(3-27)44-24)47-23-16(35)18(11(30)6(2-26)43-23)46-22-15(34)13(32)10(29)8(45-22)4-41-49(38,39)40/h5-37H,1-4H2,(H2,38,39,40)/t5-,6-,7-,8-,9-,10-,11-,12-,13+,14+,15+,16+,17+,18+,19+,20+,21?,22-,23-,24-/m1/s1. The molecule has 24 nitrogen and oxygen atoms in total. The number of phosphoric ester groups is 1. The van der Waals surface area contributed by atoms with Gasteiger partial charge in [-0.1, -0.05) is 0 Å². The predicted octanol–water partition coefficient (Wildman–Crippen LogP) is -9.63. The fourth-order valence-corrected chi connectivity index (χ4v) is 6.01. The zero-order valence-corrected chi connectivity index (χ0v) is 26.1. The average molecular weight is 747 g/mol. The van der Waals surface area contributed by atoms with Gasteiger partial charge in [0.05, 0.1) is 26.4 Å². The lowest BCUT2D eigenvalue weighted by molar-refractivity contribution is -0.391. The summed E-state index contributed by atoms with van der Waals surface area (Å²) in [5.41, 5.74) is 0. The first-order valence-electron chi connectivity index (χ1n) is 14.9. The first-order chi connectivity index (χ1) is 22.9. The Labute approximate surface area is 275 Å². The highest BCUT2D eigenvalue weighted by Gasteiger charge is 2.55. The van der Waals surface area contributed by atoms with Crippen LogP contribution in [0.1, 0.15) is 0 Å². The van der Waals surface area contributed by atoms with E-state index in [1.54, 1.807) is 0 Å². The minimum Gasteiger partial charge on any atom is -0.394 e. The summed E-state index contributed by atoms with van der Waals surface area (Å²) in [6, 6.07) is 0. The molecule has 4 heterocycles. The van der Waals surface area contributed by atoms with Gasteiger partial charge in [-0.2, -0.15) is 0 Å². The van der Waals surface area contributed by atoms with E-state index in [0.717, 1.165) is 0 Å². The lowest BCUT2D eigenvalue weighted by Gasteiger charge is -2.49. The van der Waals surface area contributed by atoms with Crippen molar-refractivity contribution in [2.75, 3.05) is 26.4 Å². The average Bonchev–Trinajstić information content (AvgIpc) is 3.05. The normalized spacial score (nSPS) is 49.9. The van der Waals surface area contributed by atoms with Crippen LogP contribution in [0.4, 0.5) is 0 Å². The smallest absolute Gasteiger partial charge is 0.394 e. The summed E-state index contributed by atoms with van der Waals surface area (Å²) in [6.07, 6.45) is -38.1. The van der Waals surface area contributed by atoms with Gasteiger partial charge in [0.15, 0.2) is 25.2 Å². The molecule has 0 bridgehead atoms. The van der Waals surface area contributed by atoms with Crippen LogP contribution in [-0.4, -0.2) is 225 Å². The highest BCUT2D eigenvalue weighted by Crippen LogP contribution is 2.38. The van der Waals surface area contributed by atoms with Crippen molar-refractivity contribution in [2.45, 2.75) is 123 Å². The second-order valence-electron chi connectivity index (χ2n) is 11.7. The van der Waals surface area contributed by atoms with Gasteiger partial charge in [-0.05, 0) is 0 Å². The van der Waals surface area contributed by atoms with Gasteiger partial charge in [0, 0.05) is 0 Å². The maximum absolute atomic E-state index is 11.1. The monoisotopic (exact) mass is 746 g/mol. The Kier molecular flexibility index (Phi) is 14.2. The second-order valence-corrected chi connectivity index (χ2v) is 13.0. The summed E-state index contributed by atoms with van der Waals surface area (Å²) in [4.78, 5) is 17.9. The molecule has 0 aromatic rings. The van der Waals surface area contributed by atoms with E-state index in [0.29, 0.717) is 0 Å². The third kappa shape index (κ3) is 9.10. The highest BCUT2D eigenvalue weighted by atomic mass is 31.2. The fourth-order valence-electron chi connectivity index (χ4n) is 5.67. The van der Waals surface area contributed by atoms with Gasteiger partial charge >= 0.3 is 7.82 Å². The molecular weight excluding hydrogens is 703 g/mol. The molecule has 0 spiro atoms. The van der Waals surface area contributed by atoms with Gasteiger partial charge in [-0.25, -0.2) is 4.57 Å². The van der Waals surface area contributed by atoms with E-state index in [9.17, 15) is 70.9 Å². The maximum atomic E-state index is 11.1. The van der Waals surface area contributed by atoms with Crippen LogP contribution < -0.4 is 0 Å². The molecule has 4 aliphatic rings. The molecule has 4 fully saturated rings. The van der Waals surface area contributed by atoms with Crippen molar-refractivity contribution in [1.29, 1.82) is 0 Å².